The average molecular weight is 281 g/mol. The molecule has 1 aliphatic heterocycles. The maximum Gasteiger partial charge on any atom is 0.356 e. The number of rotatable bonds is 4. The number of hydrogen-bond donors (Lipinski definition) is 0. The Labute approximate surface area is 105 Å². The molecule has 0 aromatic carbocycles. The minimum Gasteiger partial charge on any atom is -0.461 e. The molecular formula is C10H14F2NO4P. The first-order valence-corrected chi connectivity index (χ1v) is 6.04. The summed E-state index contributed by atoms with van der Waals surface area (Å²) in [7, 11) is 1.99. The Balaban J connectivity index is 2.22. The molecule has 2 aliphatic rings. The average Bonchev–Trinajstić information content (AvgIpc) is 2.69. The van der Waals surface area contributed by atoms with E-state index >= 15 is 0 Å². The Hall–Kier alpha value is -0.810. The van der Waals surface area contributed by atoms with Crippen LogP contribution in [-0.2, 0) is 18.9 Å². The van der Waals surface area contributed by atoms with Gasteiger partial charge in [0.25, 0.3) is 5.92 Å². The van der Waals surface area contributed by atoms with Crippen LogP contribution in [0.25, 0.3) is 0 Å². The zero-order valence-corrected chi connectivity index (χ0v) is 11.0. The van der Waals surface area contributed by atoms with Gasteiger partial charge < -0.3 is 14.1 Å². The monoisotopic (exact) mass is 281 g/mol. The molecule has 0 aromatic rings. The SMILES string of the molecule is CCOC(=O)C1=NO[C@]2(COP)CC(F)(F)C[C@H]12. The van der Waals surface area contributed by atoms with E-state index in [9.17, 15) is 13.6 Å². The van der Waals surface area contributed by atoms with Gasteiger partial charge in [-0.15, -0.1) is 0 Å². The van der Waals surface area contributed by atoms with E-state index in [4.69, 9.17) is 14.1 Å². The molecule has 3 atom stereocenters. The van der Waals surface area contributed by atoms with Crippen LogP contribution in [0.4, 0.5) is 8.78 Å². The third kappa shape index (κ3) is 2.21. The van der Waals surface area contributed by atoms with E-state index in [0.29, 0.717) is 0 Å². The van der Waals surface area contributed by atoms with E-state index in [1.54, 1.807) is 6.92 Å². The predicted octanol–water partition coefficient (Wildman–Crippen LogP) is 1.53. The number of carbonyl (C=O) groups excluding carboxylic acids is 1. The van der Waals surface area contributed by atoms with Gasteiger partial charge in [-0.1, -0.05) is 5.16 Å². The highest BCUT2D eigenvalue weighted by Gasteiger charge is 2.64. The molecule has 1 aliphatic carbocycles. The van der Waals surface area contributed by atoms with Crippen molar-refractivity contribution >= 4 is 21.1 Å². The van der Waals surface area contributed by atoms with Crippen LogP contribution in [0.2, 0.25) is 0 Å². The maximum absolute atomic E-state index is 13.5. The predicted molar refractivity (Wildman–Crippen MR) is 61.2 cm³/mol. The normalized spacial score (nSPS) is 32.7. The van der Waals surface area contributed by atoms with Crippen molar-refractivity contribution in [1.82, 2.24) is 0 Å². The summed E-state index contributed by atoms with van der Waals surface area (Å²) in [6, 6.07) is 0. The van der Waals surface area contributed by atoms with Crippen molar-refractivity contribution in [2.45, 2.75) is 31.3 Å². The van der Waals surface area contributed by atoms with Crippen LogP contribution < -0.4 is 0 Å². The highest BCUT2D eigenvalue weighted by Crippen LogP contribution is 2.51. The van der Waals surface area contributed by atoms with E-state index in [0.717, 1.165) is 0 Å². The summed E-state index contributed by atoms with van der Waals surface area (Å²) < 4.78 is 36.6. The molecule has 0 amide bonds. The van der Waals surface area contributed by atoms with Gasteiger partial charge in [-0.3, -0.25) is 0 Å². The van der Waals surface area contributed by atoms with Crippen LogP contribution in [0.3, 0.4) is 0 Å². The molecule has 1 heterocycles. The van der Waals surface area contributed by atoms with Gasteiger partial charge in [-0.2, -0.15) is 0 Å². The van der Waals surface area contributed by atoms with Crippen LogP contribution in [0.15, 0.2) is 5.16 Å². The van der Waals surface area contributed by atoms with Crippen molar-refractivity contribution in [3.63, 3.8) is 0 Å². The number of carbonyl (C=O) groups is 1. The molecule has 1 unspecified atom stereocenters. The van der Waals surface area contributed by atoms with E-state index in [2.05, 4.69) is 5.16 Å². The molecule has 18 heavy (non-hydrogen) atoms. The van der Waals surface area contributed by atoms with Gasteiger partial charge in [0.1, 0.15) is 0 Å². The van der Waals surface area contributed by atoms with Gasteiger partial charge in [0.2, 0.25) is 0 Å². The molecule has 1 saturated carbocycles. The van der Waals surface area contributed by atoms with Gasteiger partial charge >= 0.3 is 5.97 Å². The van der Waals surface area contributed by atoms with Gasteiger partial charge in [0.15, 0.2) is 11.3 Å². The van der Waals surface area contributed by atoms with Gasteiger partial charge in [0.05, 0.1) is 25.6 Å². The second-order valence-electron chi connectivity index (χ2n) is 4.45. The smallest absolute Gasteiger partial charge is 0.356 e. The minimum absolute atomic E-state index is 0.0652. The molecule has 0 spiro atoms. The Morgan fingerprint density at radius 1 is 1.67 bits per heavy atom. The first kappa shape index (κ1) is 13.6. The Kier molecular flexibility index (Phi) is 3.56. The summed E-state index contributed by atoms with van der Waals surface area (Å²) in [5.41, 5.74) is -1.33. The van der Waals surface area contributed by atoms with E-state index < -0.39 is 36.3 Å². The second-order valence-corrected chi connectivity index (χ2v) is 4.79. The number of halogens is 2. The lowest BCUT2D eigenvalue weighted by Gasteiger charge is -2.24. The summed E-state index contributed by atoms with van der Waals surface area (Å²) >= 11 is 0. The van der Waals surface area contributed by atoms with Crippen molar-refractivity contribution in [2.24, 2.45) is 11.1 Å². The number of alkyl halides is 2. The van der Waals surface area contributed by atoms with Crippen LogP contribution in [0.5, 0.6) is 0 Å². The summed E-state index contributed by atoms with van der Waals surface area (Å²) in [5, 5.41) is 3.61. The number of ether oxygens (including phenoxy) is 1. The second kappa shape index (κ2) is 4.70. The van der Waals surface area contributed by atoms with Crippen molar-refractivity contribution in [1.29, 1.82) is 0 Å². The fourth-order valence-corrected chi connectivity index (χ4v) is 2.75. The van der Waals surface area contributed by atoms with Crippen molar-refractivity contribution in [2.75, 3.05) is 13.2 Å². The van der Waals surface area contributed by atoms with Crippen molar-refractivity contribution < 1.29 is 27.7 Å². The van der Waals surface area contributed by atoms with Crippen LogP contribution in [0, 0.1) is 5.92 Å². The fraction of sp³-hybridized carbons (Fsp3) is 0.800. The molecule has 0 saturated heterocycles. The van der Waals surface area contributed by atoms with E-state index in [-0.39, 0.29) is 18.9 Å². The Morgan fingerprint density at radius 3 is 3.00 bits per heavy atom. The largest absolute Gasteiger partial charge is 0.461 e. The van der Waals surface area contributed by atoms with Gasteiger partial charge in [-0.05, 0) is 6.92 Å². The first-order valence-electron chi connectivity index (χ1n) is 5.57. The number of fused-ring (bicyclic) bond motifs is 1. The summed E-state index contributed by atoms with van der Waals surface area (Å²) in [6.07, 6.45) is -0.982. The molecule has 0 N–H and O–H groups in total. The van der Waals surface area contributed by atoms with Crippen molar-refractivity contribution in [3.05, 3.63) is 0 Å². The molecule has 8 heteroatoms. The molecule has 0 radical (unpaired) electrons. The summed E-state index contributed by atoms with van der Waals surface area (Å²) in [6.45, 7) is 1.73. The highest BCUT2D eigenvalue weighted by molar-refractivity contribution is 7.09. The van der Waals surface area contributed by atoms with E-state index in [1.165, 1.54) is 0 Å². The molecule has 0 bridgehead atoms. The molecule has 5 nitrogen and oxygen atoms in total. The van der Waals surface area contributed by atoms with Gasteiger partial charge in [0, 0.05) is 15.9 Å². The number of oxime groups is 1. The number of nitrogens with zero attached hydrogens (tertiary/aromatic N) is 1. The zero-order valence-electron chi connectivity index (χ0n) is 9.82. The van der Waals surface area contributed by atoms with Crippen LogP contribution in [0.1, 0.15) is 19.8 Å². The lowest BCUT2D eigenvalue weighted by Crippen LogP contribution is -2.40. The zero-order chi connectivity index (χ0) is 13.4. The number of esters is 1. The third-order valence-corrected chi connectivity index (χ3v) is 3.33. The highest BCUT2D eigenvalue weighted by atomic mass is 31.0. The van der Waals surface area contributed by atoms with Crippen molar-refractivity contribution in [3.8, 4) is 0 Å². The molecular weight excluding hydrogens is 267 g/mol. The molecule has 1 fully saturated rings. The lowest BCUT2D eigenvalue weighted by molar-refractivity contribution is -0.135. The summed E-state index contributed by atoms with van der Waals surface area (Å²) in [4.78, 5) is 16.7. The maximum atomic E-state index is 13.5. The summed E-state index contributed by atoms with van der Waals surface area (Å²) in [5.74, 6) is -4.38. The fourth-order valence-electron chi connectivity index (χ4n) is 2.47. The third-order valence-electron chi connectivity index (χ3n) is 3.16. The number of hydrogen-bond acceptors (Lipinski definition) is 5. The first-order chi connectivity index (χ1) is 8.44. The Morgan fingerprint density at radius 2 is 2.39 bits per heavy atom. The molecule has 102 valence electrons. The lowest BCUT2D eigenvalue weighted by atomic mass is 9.88. The quantitative estimate of drug-likeness (QED) is 0.579. The minimum atomic E-state index is -2.89. The standard InChI is InChI=1S/C10H14F2NO4P/c1-2-15-8(14)7-6-3-10(11,12)4-9(6,5-16-18)17-13-7/h6H,2-5,18H2,1H3/t6-,9+/m1/s1. The molecule has 2 rings (SSSR count). The Bertz CT molecular complexity index is 390. The molecule has 0 aromatic heterocycles. The van der Waals surface area contributed by atoms with E-state index in [1.807, 2.05) is 9.47 Å². The van der Waals surface area contributed by atoms with Gasteiger partial charge in [-0.25, -0.2) is 13.6 Å². The van der Waals surface area contributed by atoms with Crippen LogP contribution >= 0.6 is 9.47 Å². The topological polar surface area (TPSA) is 57.1 Å². The van der Waals surface area contributed by atoms with Crippen LogP contribution in [-0.4, -0.2) is 36.4 Å².